The molecule has 0 fully saturated rings. The van der Waals surface area contributed by atoms with Gasteiger partial charge in [-0.05, 0) is 47.2 Å². The molecule has 0 atom stereocenters. The number of imide groups is 1. The molecule has 4 aromatic carbocycles. The van der Waals surface area contributed by atoms with E-state index in [4.69, 9.17) is 11.6 Å². The number of nitrogens with one attached hydrogen (secondary N) is 1. The molecular formula is C25H15ClN2O3. The number of carbonyl (C=O) groups is 3. The number of rotatable bonds is 3. The molecule has 0 spiro atoms. The first-order chi connectivity index (χ1) is 15.0. The first kappa shape index (κ1) is 19.0. The summed E-state index contributed by atoms with van der Waals surface area (Å²) in [5.74, 6) is -1.10. The molecule has 1 aliphatic heterocycles. The Balaban J connectivity index is 1.44. The van der Waals surface area contributed by atoms with E-state index >= 15 is 0 Å². The smallest absolute Gasteiger partial charge is 0.266 e. The van der Waals surface area contributed by atoms with Crippen LogP contribution < -0.4 is 10.2 Å². The standard InChI is InChI=1S/C25H15ClN2O3/c26-21-14-16(28-24(30)19-9-3-4-10-20(19)25(28)31)12-13-22(21)27-23(29)18-11-5-7-15-6-1-2-8-17(15)18/h1-14H,(H,27,29). The van der Waals surface area contributed by atoms with Gasteiger partial charge in [0.25, 0.3) is 17.7 Å². The van der Waals surface area contributed by atoms with Crippen molar-refractivity contribution in [2.45, 2.75) is 0 Å². The molecule has 1 N–H and O–H groups in total. The van der Waals surface area contributed by atoms with Crippen LogP contribution >= 0.6 is 11.6 Å². The van der Waals surface area contributed by atoms with Crippen LogP contribution in [0.1, 0.15) is 31.1 Å². The minimum Gasteiger partial charge on any atom is -0.321 e. The second kappa shape index (κ2) is 7.38. The van der Waals surface area contributed by atoms with Gasteiger partial charge < -0.3 is 5.32 Å². The predicted octanol–water partition coefficient (Wildman–Crippen LogP) is 5.55. The maximum atomic E-state index is 12.9. The lowest BCUT2D eigenvalue weighted by atomic mass is 10.0. The van der Waals surface area contributed by atoms with Gasteiger partial charge in [-0.1, -0.05) is 60.1 Å². The summed E-state index contributed by atoms with van der Waals surface area (Å²) in [5.41, 5.74) is 1.98. The summed E-state index contributed by atoms with van der Waals surface area (Å²) in [4.78, 5) is 39.3. The van der Waals surface area contributed by atoms with Crippen molar-refractivity contribution < 1.29 is 14.4 Å². The van der Waals surface area contributed by atoms with Gasteiger partial charge in [-0.25, -0.2) is 4.90 Å². The fourth-order valence-electron chi connectivity index (χ4n) is 3.78. The van der Waals surface area contributed by atoms with E-state index in [0.29, 0.717) is 28.1 Å². The number of amides is 3. The van der Waals surface area contributed by atoms with Gasteiger partial charge in [0, 0.05) is 5.56 Å². The van der Waals surface area contributed by atoms with Gasteiger partial charge in [0.05, 0.1) is 27.5 Å². The second-order valence-electron chi connectivity index (χ2n) is 7.14. The van der Waals surface area contributed by atoms with Crippen LogP contribution in [-0.4, -0.2) is 17.7 Å². The van der Waals surface area contributed by atoms with Crippen molar-refractivity contribution >= 4 is 51.5 Å². The normalized spacial score (nSPS) is 12.9. The fourth-order valence-corrected chi connectivity index (χ4v) is 4.00. The van der Waals surface area contributed by atoms with Crippen LogP contribution in [0.3, 0.4) is 0 Å². The highest BCUT2D eigenvalue weighted by atomic mass is 35.5. The first-order valence-electron chi connectivity index (χ1n) is 9.61. The molecule has 1 heterocycles. The maximum Gasteiger partial charge on any atom is 0.266 e. The number of halogens is 1. The summed E-state index contributed by atoms with van der Waals surface area (Å²) in [7, 11) is 0. The van der Waals surface area contributed by atoms with Crippen LogP contribution in [0.2, 0.25) is 5.02 Å². The quantitative estimate of drug-likeness (QED) is 0.437. The average molecular weight is 427 g/mol. The molecule has 0 saturated heterocycles. The molecule has 6 heteroatoms. The van der Waals surface area contributed by atoms with E-state index in [9.17, 15) is 14.4 Å². The van der Waals surface area contributed by atoms with Crippen LogP contribution in [0.25, 0.3) is 10.8 Å². The van der Waals surface area contributed by atoms with Crippen LogP contribution in [0, 0.1) is 0 Å². The number of hydrogen-bond donors (Lipinski definition) is 1. The summed E-state index contributed by atoms with van der Waals surface area (Å²) < 4.78 is 0. The predicted molar refractivity (Wildman–Crippen MR) is 121 cm³/mol. The number of nitrogens with zero attached hydrogens (tertiary/aromatic N) is 1. The second-order valence-corrected chi connectivity index (χ2v) is 7.54. The van der Waals surface area contributed by atoms with Crippen LogP contribution in [-0.2, 0) is 0 Å². The van der Waals surface area contributed by atoms with E-state index < -0.39 is 11.8 Å². The van der Waals surface area contributed by atoms with E-state index in [1.165, 1.54) is 6.07 Å². The topological polar surface area (TPSA) is 66.5 Å². The molecule has 0 saturated carbocycles. The van der Waals surface area contributed by atoms with Crippen molar-refractivity contribution in [3.8, 4) is 0 Å². The molecule has 31 heavy (non-hydrogen) atoms. The Morgan fingerprint density at radius 2 is 1.42 bits per heavy atom. The van der Waals surface area contributed by atoms with Crippen molar-refractivity contribution in [3.63, 3.8) is 0 Å². The zero-order chi connectivity index (χ0) is 21.5. The van der Waals surface area contributed by atoms with Crippen molar-refractivity contribution in [1.82, 2.24) is 0 Å². The molecule has 3 amide bonds. The van der Waals surface area contributed by atoms with Gasteiger partial charge in [0.2, 0.25) is 0 Å². The molecular weight excluding hydrogens is 412 g/mol. The van der Waals surface area contributed by atoms with Crippen LogP contribution in [0.5, 0.6) is 0 Å². The lowest BCUT2D eigenvalue weighted by Crippen LogP contribution is -2.29. The van der Waals surface area contributed by atoms with Gasteiger partial charge in [0.1, 0.15) is 0 Å². The molecule has 0 radical (unpaired) electrons. The summed E-state index contributed by atoms with van der Waals surface area (Å²) in [6, 6.07) is 24.5. The summed E-state index contributed by atoms with van der Waals surface area (Å²) in [6.45, 7) is 0. The zero-order valence-corrected chi connectivity index (χ0v) is 16.9. The van der Waals surface area contributed by atoms with Gasteiger partial charge in [-0.2, -0.15) is 0 Å². The third kappa shape index (κ3) is 3.16. The first-order valence-corrected chi connectivity index (χ1v) is 9.99. The minimum absolute atomic E-state index is 0.225. The van der Waals surface area contributed by atoms with Crippen molar-refractivity contribution in [2.75, 3.05) is 10.2 Å². The third-order valence-electron chi connectivity index (χ3n) is 5.29. The Morgan fingerprint density at radius 1 is 0.774 bits per heavy atom. The third-order valence-corrected chi connectivity index (χ3v) is 5.60. The van der Waals surface area contributed by atoms with E-state index in [2.05, 4.69) is 5.32 Å². The number of fused-ring (bicyclic) bond motifs is 2. The molecule has 4 aromatic rings. The molecule has 0 bridgehead atoms. The monoisotopic (exact) mass is 426 g/mol. The zero-order valence-electron chi connectivity index (χ0n) is 16.1. The minimum atomic E-state index is -0.399. The fraction of sp³-hybridized carbons (Fsp3) is 0. The van der Waals surface area contributed by atoms with E-state index in [-0.39, 0.29) is 10.9 Å². The molecule has 0 aromatic heterocycles. The summed E-state index contributed by atoms with van der Waals surface area (Å²) in [5, 5.41) is 4.84. The lowest BCUT2D eigenvalue weighted by Gasteiger charge is -2.16. The highest BCUT2D eigenvalue weighted by Gasteiger charge is 2.36. The molecule has 5 nitrogen and oxygen atoms in total. The number of anilines is 2. The number of hydrogen-bond acceptors (Lipinski definition) is 3. The van der Waals surface area contributed by atoms with Gasteiger partial charge in [-0.3, -0.25) is 14.4 Å². The highest BCUT2D eigenvalue weighted by molar-refractivity contribution is 6.37. The molecule has 5 rings (SSSR count). The molecule has 0 aliphatic carbocycles. The lowest BCUT2D eigenvalue weighted by molar-refractivity contribution is 0.0924. The molecule has 1 aliphatic rings. The van der Waals surface area contributed by atoms with E-state index in [1.807, 2.05) is 36.4 Å². The maximum absolute atomic E-state index is 12.9. The van der Waals surface area contributed by atoms with Crippen LogP contribution in [0.15, 0.2) is 84.9 Å². The molecule has 150 valence electrons. The van der Waals surface area contributed by atoms with Gasteiger partial charge in [0.15, 0.2) is 0 Å². The Bertz CT molecular complexity index is 1360. The Kier molecular flexibility index (Phi) is 4.53. The van der Waals surface area contributed by atoms with Gasteiger partial charge in [-0.15, -0.1) is 0 Å². The van der Waals surface area contributed by atoms with E-state index in [0.717, 1.165) is 15.7 Å². The van der Waals surface area contributed by atoms with Crippen molar-refractivity contribution in [2.24, 2.45) is 0 Å². The van der Waals surface area contributed by atoms with Crippen molar-refractivity contribution in [1.29, 1.82) is 0 Å². The van der Waals surface area contributed by atoms with E-state index in [1.54, 1.807) is 42.5 Å². The Labute approximate surface area is 182 Å². The SMILES string of the molecule is O=C(Nc1ccc(N2C(=O)c3ccccc3C2=O)cc1Cl)c1cccc2ccccc12. The summed E-state index contributed by atoms with van der Waals surface area (Å²) >= 11 is 6.40. The number of carbonyl (C=O) groups excluding carboxylic acids is 3. The van der Waals surface area contributed by atoms with Crippen LogP contribution in [0.4, 0.5) is 11.4 Å². The van der Waals surface area contributed by atoms with Gasteiger partial charge >= 0.3 is 0 Å². The highest BCUT2D eigenvalue weighted by Crippen LogP contribution is 2.33. The average Bonchev–Trinajstić information content (AvgIpc) is 3.05. The number of benzene rings is 4. The summed E-state index contributed by atoms with van der Waals surface area (Å²) in [6.07, 6.45) is 0. The largest absolute Gasteiger partial charge is 0.321 e. The van der Waals surface area contributed by atoms with Crippen molar-refractivity contribution in [3.05, 3.63) is 107 Å². The Hall–Kier alpha value is -3.96. The Morgan fingerprint density at radius 3 is 2.13 bits per heavy atom. The molecule has 0 unspecified atom stereocenters.